The van der Waals surface area contributed by atoms with Crippen LogP contribution in [-0.2, 0) is 16.1 Å². The first-order valence-corrected chi connectivity index (χ1v) is 11.4. The number of ether oxygens (including phenoxy) is 1. The van der Waals surface area contributed by atoms with Gasteiger partial charge < -0.3 is 14.5 Å². The second kappa shape index (κ2) is 8.75. The lowest BCUT2D eigenvalue weighted by molar-refractivity contribution is -0.139. The molecule has 0 radical (unpaired) electrons. The van der Waals surface area contributed by atoms with Crippen LogP contribution in [0.4, 0.5) is 10.3 Å². The SMILES string of the molecule is CN1C(=O)CCC[C@]12CN(Cc1ccnc(N3CCOCC3)n1)C[C@H]2c1ccc(F)cc1. The molecule has 2 aromatic rings. The van der Waals surface area contributed by atoms with E-state index < -0.39 is 0 Å². The normalized spacial score (nSPS) is 26.8. The zero-order valence-corrected chi connectivity index (χ0v) is 18.5. The van der Waals surface area contributed by atoms with Crippen molar-refractivity contribution in [1.82, 2.24) is 19.8 Å². The van der Waals surface area contributed by atoms with E-state index in [2.05, 4.69) is 14.8 Å². The van der Waals surface area contributed by atoms with Gasteiger partial charge in [-0.1, -0.05) is 12.1 Å². The van der Waals surface area contributed by atoms with Crippen molar-refractivity contribution in [3.8, 4) is 0 Å². The minimum atomic E-state index is -0.271. The van der Waals surface area contributed by atoms with Gasteiger partial charge in [-0.25, -0.2) is 14.4 Å². The molecule has 0 aliphatic carbocycles. The van der Waals surface area contributed by atoms with Crippen molar-refractivity contribution >= 4 is 11.9 Å². The number of piperidine rings is 1. The molecule has 0 saturated carbocycles. The summed E-state index contributed by atoms with van der Waals surface area (Å²) < 4.78 is 19.0. The molecule has 32 heavy (non-hydrogen) atoms. The number of anilines is 1. The molecule has 5 rings (SSSR count). The predicted molar refractivity (Wildman–Crippen MR) is 119 cm³/mol. The highest BCUT2D eigenvalue weighted by molar-refractivity contribution is 5.78. The number of nitrogens with zero attached hydrogens (tertiary/aromatic N) is 5. The van der Waals surface area contributed by atoms with Gasteiger partial charge in [0.2, 0.25) is 11.9 Å². The third-order valence-electron chi connectivity index (χ3n) is 7.28. The third-order valence-corrected chi connectivity index (χ3v) is 7.28. The van der Waals surface area contributed by atoms with Gasteiger partial charge in [0, 0.05) is 58.3 Å². The van der Waals surface area contributed by atoms with Gasteiger partial charge in [0.05, 0.1) is 24.4 Å². The van der Waals surface area contributed by atoms with Crippen molar-refractivity contribution in [3.05, 3.63) is 53.6 Å². The van der Waals surface area contributed by atoms with E-state index in [4.69, 9.17) is 9.72 Å². The van der Waals surface area contributed by atoms with E-state index in [9.17, 15) is 9.18 Å². The molecule has 0 N–H and O–H groups in total. The molecule has 0 unspecified atom stereocenters. The molecule has 7 nitrogen and oxygen atoms in total. The highest BCUT2D eigenvalue weighted by Crippen LogP contribution is 2.45. The first kappa shape index (κ1) is 21.3. The molecule has 1 amide bonds. The number of aromatic nitrogens is 2. The number of rotatable bonds is 4. The van der Waals surface area contributed by atoms with E-state index in [-0.39, 0.29) is 23.2 Å². The number of carbonyl (C=O) groups excluding carboxylic acids is 1. The fourth-order valence-electron chi connectivity index (χ4n) is 5.56. The van der Waals surface area contributed by atoms with Crippen molar-refractivity contribution in [2.24, 2.45) is 0 Å². The van der Waals surface area contributed by atoms with Gasteiger partial charge in [-0.3, -0.25) is 9.69 Å². The molecule has 2 atom stereocenters. The standard InChI is InChI=1S/C24H30FN5O2/c1-28-22(31)3-2-9-24(28)17-29(16-21(24)18-4-6-19(25)7-5-18)15-20-8-10-26-23(27-20)30-11-13-32-14-12-30/h4-8,10,21H,2-3,9,11-17H2,1H3/t21-,24+/m0/s1. The number of likely N-dealkylation sites (tertiary alicyclic amines) is 2. The Balaban J connectivity index is 1.40. The maximum Gasteiger partial charge on any atom is 0.225 e. The number of halogens is 1. The van der Waals surface area contributed by atoms with Crippen LogP contribution in [0.15, 0.2) is 36.5 Å². The van der Waals surface area contributed by atoms with E-state index in [1.54, 1.807) is 0 Å². The van der Waals surface area contributed by atoms with E-state index in [1.807, 2.05) is 36.3 Å². The lowest BCUT2D eigenvalue weighted by Crippen LogP contribution is -2.56. The molecule has 170 valence electrons. The summed E-state index contributed by atoms with van der Waals surface area (Å²) in [6.07, 6.45) is 4.27. The quantitative estimate of drug-likeness (QED) is 0.729. The largest absolute Gasteiger partial charge is 0.378 e. The smallest absolute Gasteiger partial charge is 0.225 e. The van der Waals surface area contributed by atoms with Crippen LogP contribution in [0.25, 0.3) is 0 Å². The fourth-order valence-corrected chi connectivity index (χ4v) is 5.56. The second-order valence-corrected chi connectivity index (χ2v) is 9.13. The van der Waals surface area contributed by atoms with E-state index in [0.29, 0.717) is 26.2 Å². The Morgan fingerprint density at radius 2 is 1.97 bits per heavy atom. The Hall–Kier alpha value is -2.58. The number of likely N-dealkylation sites (N-methyl/N-ethyl adjacent to an activating group) is 1. The molecule has 1 spiro atoms. The number of carbonyl (C=O) groups is 1. The number of hydrogen-bond acceptors (Lipinski definition) is 6. The van der Waals surface area contributed by atoms with Crippen LogP contribution in [0.3, 0.4) is 0 Å². The first-order chi connectivity index (χ1) is 15.5. The number of morpholine rings is 1. The van der Waals surface area contributed by atoms with Crippen molar-refractivity contribution in [3.63, 3.8) is 0 Å². The van der Waals surface area contributed by atoms with E-state index >= 15 is 0 Å². The average Bonchev–Trinajstić information content (AvgIpc) is 3.17. The molecule has 8 heteroatoms. The van der Waals surface area contributed by atoms with Crippen LogP contribution < -0.4 is 4.90 Å². The van der Waals surface area contributed by atoms with Crippen LogP contribution in [-0.4, -0.2) is 77.7 Å². The summed E-state index contributed by atoms with van der Waals surface area (Å²) >= 11 is 0. The maximum absolute atomic E-state index is 13.6. The summed E-state index contributed by atoms with van der Waals surface area (Å²) in [5.74, 6) is 0.849. The summed E-state index contributed by atoms with van der Waals surface area (Å²) in [6.45, 7) is 5.28. The van der Waals surface area contributed by atoms with Gasteiger partial charge in [0.1, 0.15) is 5.82 Å². The molecule has 1 aromatic heterocycles. The predicted octanol–water partition coefficient (Wildman–Crippen LogP) is 2.43. The molecule has 0 bridgehead atoms. The van der Waals surface area contributed by atoms with Crippen molar-refractivity contribution < 1.29 is 13.9 Å². The summed E-state index contributed by atoms with van der Waals surface area (Å²) in [5, 5.41) is 0. The Bertz CT molecular complexity index is 965. The molecule has 3 aliphatic heterocycles. The highest BCUT2D eigenvalue weighted by Gasteiger charge is 2.52. The van der Waals surface area contributed by atoms with Gasteiger partial charge in [-0.2, -0.15) is 0 Å². The minimum absolute atomic E-state index is 0.137. The topological polar surface area (TPSA) is 61.8 Å². The summed E-state index contributed by atoms with van der Waals surface area (Å²) in [6, 6.07) is 8.76. The number of benzene rings is 1. The molecule has 3 fully saturated rings. The lowest BCUT2D eigenvalue weighted by Gasteiger charge is -2.46. The Morgan fingerprint density at radius 3 is 2.75 bits per heavy atom. The second-order valence-electron chi connectivity index (χ2n) is 9.13. The van der Waals surface area contributed by atoms with E-state index in [0.717, 1.165) is 56.2 Å². The Kier molecular flexibility index (Phi) is 5.82. The summed E-state index contributed by atoms with van der Waals surface area (Å²) in [7, 11) is 1.93. The minimum Gasteiger partial charge on any atom is -0.378 e. The average molecular weight is 440 g/mol. The number of hydrogen-bond donors (Lipinski definition) is 0. The lowest BCUT2D eigenvalue weighted by atomic mass is 9.75. The summed E-state index contributed by atoms with van der Waals surface area (Å²) in [4.78, 5) is 28.5. The number of amides is 1. The van der Waals surface area contributed by atoms with Crippen molar-refractivity contribution in [1.29, 1.82) is 0 Å². The molecule has 3 saturated heterocycles. The molecular formula is C24H30FN5O2. The fraction of sp³-hybridized carbons (Fsp3) is 0.542. The zero-order valence-electron chi connectivity index (χ0n) is 18.5. The third kappa shape index (κ3) is 3.97. The van der Waals surface area contributed by atoms with Gasteiger partial charge in [-0.15, -0.1) is 0 Å². The van der Waals surface area contributed by atoms with Gasteiger partial charge in [0.15, 0.2) is 0 Å². The Labute approximate surface area is 188 Å². The molecular weight excluding hydrogens is 409 g/mol. The highest BCUT2D eigenvalue weighted by atomic mass is 19.1. The molecule has 4 heterocycles. The van der Waals surface area contributed by atoms with Crippen molar-refractivity contribution in [2.45, 2.75) is 37.3 Å². The van der Waals surface area contributed by atoms with Gasteiger partial charge in [0.25, 0.3) is 0 Å². The zero-order chi connectivity index (χ0) is 22.1. The van der Waals surface area contributed by atoms with Gasteiger partial charge in [-0.05, 0) is 36.6 Å². The molecule has 3 aliphatic rings. The van der Waals surface area contributed by atoms with Gasteiger partial charge >= 0.3 is 0 Å². The molecule has 1 aromatic carbocycles. The first-order valence-electron chi connectivity index (χ1n) is 11.4. The van der Waals surface area contributed by atoms with Crippen LogP contribution in [0.1, 0.15) is 36.4 Å². The van der Waals surface area contributed by atoms with Crippen LogP contribution in [0.2, 0.25) is 0 Å². The Morgan fingerprint density at radius 1 is 1.19 bits per heavy atom. The maximum atomic E-state index is 13.6. The monoisotopic (exact) mass is 439 g/mol. The van der Waals surface area contributed by atoms with Crippen LogP contribution in [0.5, 0.6) is 0 Å². The summed E-state index contributed by atoms with van der Waals surface area (Å²) in [5.41, 5.74) is 1.79. The van der Waals surface area contributed by atoms with Crippen molar-refractivity contribution in [2.75, 3.05) is 51.3 Å². The van der Waals surface area contributed by atoms with Crippen LogP contribution in [0, 0.1) is 5.82 Å². The van der Waals surface area contributed by atoms with Crippen LogP contribution >= 0.6 is 0 Å². The van der Waals surface area contributed by atoms with E-state index in [1.165, 1.54) is 12.1 Å².